The van der Waals surface area contributed by atoms with E-state index in [1.165, 1.54) is 19.8 Å². The molecular formula is C28H32IN3O4Zn. The van der Waals surface area contributed by atoms with E-state index in [-0.39, 0.29) is 31.4 Å². The van der Waals surface area contributed by atoms with Crippen molar-refractivity contribution >= 4 is 34.5 Å². The number of hydrogen-bond donors (Lipinski definition) is 1. The number of halogens is 1. The number of benzene rings is 2. The Kier molecular flexibility index (Phi) is 21.0. The summed E-state index contributed by atoms with van der Waals surface area (Å²) in [5, 5.41) is 12.5. The minimum Gasteiger partial charge on any atom is -0.512 e. The van der Waals surface area contributed by atoms with Gasteiger partial charge in [-0.15, -0.1) is 0 Å². The molecule has 0 unspecified atom stereocenters. The number of esters is 2. The van der Waals surface area contributed by atoms with Gasteiger partial charge in [0.05, 0.1) is 25.3 Å². The van der Waals surface area contributed by atoms with Crippen molar-refractivity contribution in [1.82, 2.24) is 0 Å². The first-order valence-corrected chi connectivity index (χ1v) is 11.8. The van der Waals surface area contributed by atoms with E-state index in [0.717, 1.165) is 25.8 Å². The van der Waals surface area contributed by atoms with E-state index in [1.807, 2.05) is 26.0 Å². The first kappa shape index (κ1) is 38.6. The number of carbonyl (C=O) groups excluding carboxylic acids is 2. The van der Waals surface area contributed by atoms with Gasteiger partial charge in [0.2, 0.25) is 0 Å². The van der Waals surface area contributed by atoms with E-state index >= 15 is 0 Å². The second-order valence-corrected chi connectivity index (χ2v) is 9.17. The minimum atomic E-state index is -0.349. The molecule has 0 heterocycles. The van der Waals surface area contributed by atoms with Crippen molar-refractivity contribution in [3.8, 4) is 12.0 Å². The molecule has 0 aliphatic rings. The molecule has 0 radical (unpaired) electrons. The van der Waals surface area contributed by atoms with Gasteiger partial charge in [-0.3, -0.25) is 0 Å². The van der Waals surface area contributed by atoms with Crippen LogP contribution in [0.25, 0.3) is 0 Å². The van der Waals surface area contributed by atoms with Crippen LogP contribution in [0.2, 0.25) is 0 Å². The number of nitrogens with two attached hydrogens (primary N) is 1. The molecule has 9 heteroatoms. The van der Waals surface area contributed by atoms with Crippen LogP contribution in [0.4, 0.5) is 0 Å². The average molecular weight is 667 g/mol. The van der Waals surface area contributed by atoms with Crippen LogP contribution in [0.15, 0.2) is 24.3 Å². The molecule has 0 aromatic heterocycles. The van der Waals surface area contributed by atoms with E-state index in [2.05, 4.69) is 68.3 Å². The van der Waals surface area contributed by atoms with Crippen molar-refractivity contribution in [3.63, 3.8) is 0 Å². The summed E-state index contributed by atoms with van der Waals surface area (Å²) < 4.78 is 10.6. The SMILES string of the molecule is COC(=O)c1cc(C#CN)c(C(C)C)cc1C.COC(=O)c1cc(I)c(C(C)C)cc1C.[C-]#N.[C-]#N.[Zn+2]. The van der Waals surface area contributed by atoms with Gasteiger partial charge in [-0.2, -0.15) is 0 Å². The van der Waals surface area contributed by atoms with Crippen LogP contribution in [-0.2, 0) is 29.0 Å². The zero-order chi connectivity index (χ0) is 28.6. The summed E-state index contributed by atoms with van der Waals surface area (Å²) >= 11 is 2.26. The Morgan fingerprint density at radius 3 is 1.57 bits per heavy atom. The van der Waals surface area contributed by atoms with Crippen LogP contribution in [0.1, 0.15) is 88.1 Å². The van der Waals surface area contributed by atoms with Crippen molar-refractivity contribution in [2.75, 3.05) is 14.2 Å². The number of ether oxygens (including phenoxy) is 2. The summed E-state index contributed by atoms with van der Waals surface area (Å²) in [6.07, 6.45) is 0. The molecule has 0 atom stereocenters. The smallest absolute Gasteiger partial charge is 0.512 e. The monoisotopic (exact) mass is 665 g/mol. The fraction of sp³-hybridized carbons (Fsp3) is 0.357. The van der Waals surface area contributed by atoms with Gasteiger partial charge in [0.1, 0.15) is 0 Å². The van der Waals surface area contributed by atoms with Gasteiger partial charge < -0.3 is 38.9 Å². The van der Waals surface area contributed by atoms with Crippen LogP contribution in [0, 0.1) is 53.1 Å². The Balaban J connectivity index is -0.000000540. The summed E-state index contributed by atoms with van der Waals surface area (Å²) in [6, 6.07) is 10.1. The van der Waals surface area contributed by atoms with Gasteiger partial charge in [0.15, 0.2) is 0 Å². The number of hydrogen-bond acceptors (Lipinski definition) is 7. The van der Waals surface area contributed by atoms with E-state index in [4.69, 9.17) is 38.9 Å². The molecule has 0 aliphatic carbocycles. The average Bonchev–Trinajstić information content (AvgIpc) is 2.87. The van der Waals surface area contributed by atoms with Gasteiger partial charge in [-0.1, -0.05) is 39.8 Å². The molecule has 0 aliphatic heterocycles. The maximum absolute atomic E-state index is 11.6. The summed E-state index contributed by atoms with van der Waals surface area (Å²) in [5.41, 5.74) is 11.5. The fourth-order valence-electron chi connectivity index (χ4n) is 3.20. The van der Waals surface area contributed by atoms with Gasteiger partial charge in [-0.25, -0.2) is 9.59 Å². The minimum absolute atomic E-state index is 0. The Morgan fingerprint density at radius 2 is 1.22 bits per heavy atom. The second kappa shape index (κ2) is 20.2. The normalized spacial score (nSPS) is 8.84. The van der Waals surface area contributed by atoms with Gasteiger partial charge >= 0.3 is 31.4 Å². The van der Waals surface area contributed by atoms with Crippen LogP contribution < -0.4 is 5.73 Å². The Hall–Kier alpha value is -2.93. The zero-order valence-corrected chi connectivity index (χ0v) is 27.8. The zero-order valence-electron chi connectivity index (χ0n) is 22.7. The summed E-state index contributed by atoms with van der Waals surface area (Å²) in [7, 11) is 2.78. The molecule has 0 saturated carbocycles. The molecule has 0 bridgehead atoms. The predicted molar refractivity (Wildman–Crippen MR) is 147 cm³/mol. The number of carbonyl (C=O) groups is 2. The van der Waals surface area contributed by atoms with Crippen molar-refractivity contribution in [2.24, 2.45) is 5.73 Å². The fourth-order valence-corrected chi connectivity index (χ4v) is 4.29. The van der Waals surface area contributed by atoms with Crippen molar-refractivity contribution in [1.29, 1.82) is 10.5 Å². The van der Waals surface area contributed by atoms with Crippen LogP contribution in [0.5, 0.6) is 0 Å². The number of rotatable bonds is 4. The number of nitrogens with zero attached hydrogens (tertiary/aromatic N) is 2. The first-order chi connectivity index (χ1) is 17.0. The van der Waals surface area contributed by atoms with Gasteiger partial charge in [-0.05, 0) is 88.6 Å². The standard InChI is InChI=1S/C14H17NO2.C12H15IO2.2CN.Zn/c1-9(2)12-7-10(3)13(14(16)17-4)8-11(12)5-6-15;1-7(2)9-5-8(3)10(6-11(9)13)12(14)15-4;2*1-2;/h7-9H,15H2,1-4H3;5-7H,1-4H3;;;/q;;2*-1;+2. The molecule has 7 nitrogen and oxygen atoms in total. The molecule has 0 spiro atoms. The Bertz CT molecular complexity index is 1140. The van der Waals surface area contributed by atoms with E-state index < -0.39 is 0 Å². The van der Waals surface area contributed by atoms with Crippen molar-refractivity contribution in [3.05, 3.63) is 79.9 Å². The summed E-state index contributed by atoms with van der Waals surface area (Å²) in [5.74, 6) is 3.02. The maximum atomic E-state index is 11.6. The molecule has 192 valence electrons. The molecule has 2 rings (SSSR count). The molecule has 2 N–H and O–H groups in total. The maximum Gasteiger partial charge on any atom is 2.00 e. The predicted octanol–water partition coefficient (Wildman–Crippen LogP) is 5.87. The van der Waals surface area contributed by atoms with E-state index in [0.29, 0.717) is 23.0 Å². The number of methoxy groups -OCH3 is 2. The Morgan fingerprint density at radius 1 is 0.838 bits per heavy atom. The largest absolute Gasteiger partial charge is 2.00 e. The third kappa shape index (κ3) is 11.8. The van der Waals surface area contributed by atoms with Crippen molar-refractivity contribution in [2.45, 2.75) is 53.4 Å². The topological polar surface area (TPSA) is 126 Å². The number of aryl methyl sites for hydroxylation is 2. The van der Waals surface area contributed by atoms with Gasteiger partial charge in [0, 0.05) is 15.2 Å². The molecule has 0 fully saturated rings. The van der Waals surface area contributed by atoms with Crippen LogP contribution in [0.3, 0.4) is 0 Å². The van der Waals surface area contributed by atoms with Crippen molar-refractivity contribution < 1.29 is 38.5 Å². The quantitative estimate of drug-likeness (QED) is 0.108. The first-order valence-electron chi connectivity index (χ1n) is 10.8. The summed E-state index contributed by atoms with van der Waals surface area (Å²) in [6.45, 7) is 21.8. The Labute approximate surface area is 247 Å². The molecule has 2 aromatic rings. The second-order valence-electron chi connectivity index (χ2n) is 8.00. The van der Waals surface area contributed by atoms with Crippen LogP contribution in [-0.4, -0.2) is 26.2 Å². The molecule has 0 saturated heterocycles. The van der Waals surface area contributed by atoms with E-state index in [9.17, 15) is 9.59 Å². The van der Waals surface area contributed by atoms with Crippen LogP contribution >= 0.6 is 22.6 Å². The molecule has 37 heavy (non-hydrogen) atoms. The third-order valence-corrected chi connectivity index (χ3v) is 5.94. The summed E-state index contributed by atoms with van der Waals surface area (Å²) in [4.78, 5) is 23.0. The molecule has 2 aromatic carbocycles. The van der Waals surface area contributed by atoms with E-state index in [1.54, 1.807) is 6.07 Å². The molecule has 0 amide bonds. The third-order valence-electron chi connectivity index (χ3n) is 5.00. The molecular weight excluding hydrogens is 635 g/mol. The van der Waals surface area contributed by atoms with Gasteiger partial charge in [0.25, 0.3) is 0 Å².